The van der Waals surface area contributed by atoms with Crippen LogP contribution in [0.3, 0.4) is 0 Å². The SMILES string of the molecule is Cc1nn(-c2ccccn2)c2c1[C@H](c1ccccc1)SCC(=O)N2. The number of carbonyl (C=O) groups excluding carboxylic acids is 1. The zero-order valence-corrected chi connectivity index (χ0v) is 14.0. The van der Waals surface area contributed by atoms with E-state index >= 15 is 0 Å². The van der Waals surface area contributed by atoms with Crippen LogP contribution in [0.4, 0.5) is 5.82 Å². The number of hydrogen-bond donors (Lipinski definition) is 1. The number of aryl methyl sites for hydroxylation is 1. The number of anilines is 1. The molecule has 0 saturated heterocycles. The van der Waals surface area contributed by atoms with E-state index in [2.05, 4.69) is 27.5 Å². The summed E-state index contributed by atoms with van der Waals surface area (Å²) in [5, 5.41) is 7.72. The molecular formula is C18H16N4OS. The molecule has 6 heteroatoms. The molecule has 0 unspecified atom stereocenters. The van der Waals surface area contributed by atoms with E-state index in [1.807, 2.05) is 43.3 Å². The first-order chi connectivity index (χ1) is 11.7. The Morgan fingerprint density at radius 1 is 1.17 bits per heavy atom. The van der Waals surface area contributed by atoms with Crippen LogP contribution in [0.25, 0.3) is 5.82 Å². The Hall–Kier alpha value is -2.60. The van der Waals surface area contributed by atoms with Gasteiger partial charge in [-0.15, -0.1) is 11.8 Å². The highest BCUT2D eigenvalue weighted by Gasteiger charge is 2.30. The quantitative estimate of drug-likeness (QED) is 0.780. The van der Waals surface area contributed by atoms with E-state index in [4.69, 9.17) is 0 Å². The third-order valence-corrected chi connectivity index (χ3v) is 5.25. The number of hydrogen-bond acceptors (Lipinski definition) is 4. The van der Waals surface area contributed by atoms with Crippen molar-refractivity contribution in [2.24, 2.45) is 0 Å². The number of amides is 1. The predicted molar refractivity (Wildman–Crippen MR) is 95.5 cm³/mol. The number of fused-ring (bicyclic) bond motifs is 1. The molecule has 1 atom stereocenters. The molecule has 1 aliphatic rings. The summed E-state index contributed by atoms with van der Waals surface area (Å²) in [6, 6.07) is 15.9. The van der Waals surface area contributed by atoms with Crippen LogP contribution >= 0.6 is 11.8 Å². The molecule has 3 aromatic rings. The van der Waals surface area contributed by atoms with E-state index in [-0.39, 0.29) is 11.2 Å². The standard InChI is InChI=1S/C18H16N4OS/c1-12-16-17(13-7-3-2-4-8-13)24-11-15(23)20-18(16)22(21-12)14-9-5-6-10-19-14/h2-10,17H,11H2,1H3,(H,20,23)/t17-/m0/s1. The summed E-state index contributed by atoms with van der Waals surface area (Å²) in [4.78, 5) is 16.6. The average molecular weight is 336 g/mol. The smallest absolute Gasteiger partial charge is 0.235 e. The summed E-state index contributed by atoms with van der Waals surface area (Å²) >= 11 is 1.62. The predicted octanol–water partition coefficient (Wildman–Crippen LogP) is 3.35. The van der Waals surface area contributed by atoms with Crippen LogP contribution in [0.2, 0.25) is 0 Å². The molecule has 1 aromatic carbocycles. The van der Waals surface area contributed by atoms with E-state index < -0.39 is 0 Å². The van der Waals surface area contributed by atoms with E-state index in [9.17, 15) is 4.79 Å². The Kier molecular flexibility index (Phi) is 3.82. The molecule has 3 heterocycles. The van der Waals surface area contributed by atoms with Gasteiger partial charge < -0.3 is 5.32 Å². The molecule has 0 spiro atoms. The monoisotopic (exact) mass is 336 g/mol. The van der Waals surface area contributed by atoms with Crippen molar-refractivity contribution < 1.29 is 4.79 Å². The van der Waals surface area contributed by atoms with Crippen LogP contribution in [0.1, 0.15) is 22.1 Å². The summed E-state index contributed by atoms with van der Waals surface area (Å²) in [6.45, 7) is 1.98. The Bertz CT molecular complexity index is 877. The zero-order chi connectivity index (χ0) is 16.5. The maximum Gasteiger partial charge on any atom is 0.235 e. The molecular weight excluding hydrogens is 320 g/mol. The van der Waals surface area contributed by atoms with Gasteiger partial charge in [0.1, 0.15) is 5.82 Å². The molecule has 0 fully saturated rings. The molecule has 2 aromatic heterocycles. The lowest BCUT2D eigenvalue weighted by atomic mass is 10.0. The second kappa shape index (κ2) is 6.13. The van der Waals surface area contributed by atoms with Gasteiger partial charge in [-0.2, -0.15) is 9.78 Å². The Balaban J connectivity index is 1.90. The number of benzene rings is 1. The number of rotatable bonds is 2. The van der Waals surface area contributed by atoms with Gasteiger partial charge in [0, 0.05) is 11.8 Å². The molecule has 24 heavy (non-hydrogen) atoms. The average Bonchev–Trinajstić information content (AvgIpc) is 2.83. The van der Waals surface area contributed by atoms with E-state index in [1.165, 1.54) is 5.56 Å². The van der Waals surface area contributed by atoms with Crippen LogP contribution in [0.15, 0.2) is 54.7 Å². The number of pyridine rings is 1. The molecule has 0 bridgehead atoms. The topological polar surface area (TPSA) is 59.8 Å². The van der Waals surface area contributed by atoms with Gasteiger partial charge in [0.05, 0.1) is 16.7 Å². The van der Waals surface area contributed by atoms with Gasteiger partial charge in [-0.1, -0.05) is 36.4 Å². The second-order valence-electron chi connectivity index (χ2n) is 5.60. The van der Waals surface area contributed by atoms with Crippen molar-refractivity contribution in [3.63, 3.8) is 0 Å². The van der Waals surface area contributed by atoms with Crippen LogP contribution in [0, 0.1) is 6.92 Å². The fourth-order valence-electron chi connectivity index (χ4n) is 2.92. The van der Waals surface area contributed by atoms with Crippen LogP contribution in [0.5, 0.6) is 0 Å². The molecule has 1 amide bonds. The highest BCUT2D eigenvalue weighted by molar-refractivity contribution is 8.00. The normalized spacial score (nSPS) is 17.0. The molecule has 1 N–H and O–H groups in total. The Labute approximate surface area is 144 Å². The van der Waals surface area contributed by atoms with Gasteiger partial charge in [-0.25, -0.2) is 4.98 Å². The van der Waals surface area contributed by atoms with Crippen LogP contribution < -0.4 is 5.32 Å². The molecule has 0 radical (unpaired) electrons. The van der Waals surface area contributed by atoms with Crippen molar-refractivity contribution in [2.75, 3.05) is 11.1 Å². The molecule has 1 aliphatic heterocycles. The Morgan fingerprint density at radius 2 is 1.96 bits per heavy atom. The molecule has 5 nitrogen and oxygen atoms in total. The van der Waals surface area contributed by atoms with Crippen molar-refractivity contribution in [2.45, 2.75) is 12.2 Å². The lowest BCUT2D eigenvalue weighted by Crippen LogP contribution is -2.16. The van der Waals surface area contributed by atoms with E-state index in [0.717, 1.165) is 17.1 Å². The fraction of sp³-hybridized carbons (Fsp3) is 0.167. The van der Waals surface area contributed by atoms with E-state index in [1.54, 1.807) is 22.6 Å². The summed E-state index contributed by atoms with van der Waals surface area (Å²) in [6.07, 6.45) is 1.72. The minimum absolute atomic E-state index is 0.0169. The number of carbonyl (C=O) groups is 1. The highest BCUT2D eigenvalue weighted by atomic mass is 32.2. The van der Waals surface area contributed by atoms with Crippen molar-refractivity contribution in [1.29, 1.82) is 0 Å². The molecule has 0 saturated carbocycles. The minimum atomic E-state index is -0.0169. The number of nitrogens with zero attached hydrogens (tertiary/aromatic N) is 3. The Morgan fingerprint density at radius 3 is 2.71 bits per heavy atom. The summed E-state index contributed by atoms with van der Waals surface area (Å²) in [5.74, 6) is 1.81. The van der Waals surface area contributed by atoms with Crippen molar-refractivity contribution in [3.05, 3.63) is 71.5 Å². The fourth-order valence-corrected chi connectivity index (χ4v) is 4.11. The van der Waals surface area contributed by atoms with Crippen molar-refractivity contribution in [3.8, 4) is 5.82 Å². The number of nitrogens with one attached hydrogen (secondary N) is 1. The van der Waals surface area contributed by atoms with Crippen LogP contribution in [-0.2, 0) is 4.79 Å². The van der Waals surface area contributed by atoms with E-state index in [0.29, 0.717) is 11.6 Å². The summed E-state index contributed by atoms with van der Waals surface area (Å²) < 4.78 is 1.73. The first-order valence-electron chi connectivity index (χ1n) is 7.71. The van der Waals surface area contributed by atoms with Crippen LogP contribution in [-0.4, -0.2) is 26.4 Å². The maximum absolute atomic E-state index is 12.2. The summed E-state index contributed by atoms with van der Waals surface area (Å²) in [5.41, 5.74) is 3.12. The van der Waals surface area contributed by atoms with Gasteiger partial charge in [-0.3, -0.25) is 4.79 Å². The highest BCUT2D eigenvalue weighted by Crippen LogP contribution is 2.43. The molecule has 0 aliphatic carbocycles. The minimum Gasteiger partial charge on any atom is -0.310 e. The second-order valence-corrected chi connectivity index (χ2v) is 6.69. The summed E-state index contributed by atoms with van der Waals surface area (Å²) in [7, 11) is 0. The van der Waals surface area contributed by atoms with Gasteiger partial charge in [0.2, 0.25) is 5.91 Å². The first-order valence-corrected chi connectivity index (χ1v) is 8.76. The largest absolute Gasteiger partial charge is 0.310 e. The first kappa shape index (κ1) is 15.0. The van der Waals surface area contributed by atoms with Gasteiger partial charge in [-0.05, 0) is 24.6 Å². The lowest BCUT2D eigenvalue weighted by Gasteiger charge is -2.15. The number of aromatic nitrogens is 3. The van der Waals surface area contributed by atoms with Gasteiger partial charge in [0.25, 0.3) is 0 Å². The van der Waals surface area contributed by atoms with Gasteiger partial charge >= 0.3 is 0 Å². The molecule has 4 rings (SSSR count). The number of thioether (sulfide) groups is 1. The van der Waals surface area contributed by atoms with Crippen molar-refractivity contribution in [1.82, 2.24) is 14.8 Å². The van der Waals surface area contributed by atoms with Crippen molar-refractivity contribution >= 4 is 23.5 Å². The molecule has 120 valence electrons. The lowest BCUT2D eigenvalue weighted by molar-refractivity contribution is -0.113. The third kappa shape index (κ3) is 2.59. The zero-order valence-electron chi connectivity index (χ0n) is 13.1. The van der Waals surface area contributed by atoms with Gasteiger partial charge in [0.15, 0.2) is 5.82 Å². The maximum atomic E-state index is 12.2. The third-order valence-electron chi connectivity index (χ3n) is 3.98.